The van der Waals surface area contributed by atoms with Gasteiger partial charge in [-0.1, -0.05) is 12.1 Å². The van der Waals surface area contributed by atoms with Crippen molar-refractivity contribution in [3.63, 3.8) is 0 Å². The van der Waals surface area contributed by atoms with Gasteiger partial charge in [-0.3, -0.25) is 20.1 Å². The Labute approximate surface area is 165 Å². The van der Waals surface area contributed by atoms with E-state index in [-0.39, 0.29) is 5.91 Å². The van der Waals surface area contributed by atoms with Gasteiger partial charge in [-0.15, -0.1) is 0 Å². The molecule has 0 saturated heterocycles. The Morgan fingerprint density at radius 3 is 2.04 bits per heavy atom. The first-order valence-electron chi connectivity index (χ1n) is 9.28. The van der Waals surface area contributed by atoms with E-state index in [1.807, 2.05) is 55.5 Å². The lowest BCUT2D eigenvalue weighted by Crippen LogP contribution is -2.37. The lowest BCUT2D eigenvalue weighted by Gasteiger charge is -2.19. The Hall–Kier alpha value is -3.25. The summed E-state index contributed by atoms with van der Waals surface area (Å²) in [4.78, 5) is 20.9. The number of nitrogens with zero attached hydrogens (tertiary/aromatic N) is 2. The highest BCUT2D eigenvalue weighted by Crippen LogP contribution is 2.19. The van der Waals surface area contributed by atoms with Crippen LogP contribution in [-0.2, 0) is 17.9 Å². The molecule has 2 N–H and O–H groups in total. The molecule has 0 aliphatic carbocycles. The van der Waals surface area contributed by atoms with Crippen LogP contribution in [0.4, 0.5) is 0 Å². The van der Waals surface area contributed by atoms with E-state index < -0.39 is 6.04 Å². The Balaban J connectivity index is 1.71. The van der Waals surface area contributed by atoms with Gasteiger partial charge in [0.15, 0.2) is 0 Å². The molecule has 2 aromatic heterocycles. The van der Waals surface area contributed by atoms with Crippen LogP contribution >= 0.6 is 0 Å². The fraction of sp³-hybridized carbons (Fsp3) is 0.227. The fourth-order valence-corrected chi connectivity index (χ4v) is 2.80. The van der Waals surface area contributed by atoms with Gasteiger partial charge in [-0.25, -0.2) is 0 Å². The third-order valence-corrected chi connectivity index (χ3v) is 4.26. The highest BCUT2D eigenvalue weighted by Gasteiger charge is 2.20. The first-order chi connectivity index (χ1) is 13.8. The molecule has 2 heterocycles. The zero-order valence-corrected chi connectivity index (χ0v) is 15.8. The summed E-state index contributed by atoms with van der Waals surface area (Å²) >= 11 is 0. The molecule has 0 fully saturated rings. The van der Waals surface area contributed by atoms with Crippen molar-refractivity contribution in [2.24, 2.45) is 0 Å². The second-order valence-corrected chi connectivity index (χ2v) is 6.24. The van der Waals surface area contributed by atoms with Gasteiger partial charge in [-0.05, 0) is 60.0 Å². The van der Waals surface area contributed by atoms with Crippen LogP contribution in [0, 0.1) is 0 Å². The first kappa shape index (κ1) is 19.5. The van der Waals surface area contributed by atoms with E-state index in [1.54, 1.807) is 24.8 Å². The highest BCUT2D eigenvalue weighted by atomic mass is 16.5. The molecule has 0 bridgehead atoms. The van der Waals surface area contributed by atoms with Crippen LogP contribution in [0.5, 0.6) is 5.75 Å². The predicted octanol–water partition coefficient (Wildman–Crippen LogP) is 3.02. The van der Waals surface area contributed by atoms with Gasteiger partial charge in [0.25, 0.3) is 0 Å². The summed E-state index contributed by atoms with van der Waals surface area (Å²) in [7, 11) is 0. The maximum absolute atomic E-state index is 12.9. The monoisotopic (exact) mass is 376 g/mol. The second-order valence-electron chi connectivity index (χ2n) is 6.24. The van der Waals surface area contributed by atoms with Crippen molar-refractivity contribution >= 4 is 5.91 Å². The average molecular weight is 376 g/mol. The quantitative estimate of drug-likeness (QED) is 0.600. The Morgan fingerprint density at radius 2 is 1.46 bits per heavy atom. The van der Waals surface area contributed by atoms with Gasteiger partial charge in [0.1, 0.15) is 11.8 Å². The normalized spacial score (nSPS) is 11.6. The van der Waals surface area contributed by atoms with Gasteiger partial charge in [0.05, 0.1) is 6.61 Å². The number of benzene rings is 1. The average Bonchev–Trinajstić information content (AvgIpc) is 2.75. The van der Waals surface area contributed by atoms with Crippen LogP contribution in [0.3, 0.4) is 0 Å². The van der Waals surface area contributed by atoms with Crippen molar-refractivity contribution in [1.82, 2.24) is 20.6 Å². The largest absolute Gasteiger partial charge is 0.494 e. The van der Waals surface area contributed by atoms with E-state index in [0.717, 1.165) is 22.4 Å². The van der Waals surface area contributed by atoms with Gasteiger partial charge in [0, 0.05) is 37.9 Å². The van der Waals surface area contributed by atoms with Gasteiger partial charge >= 0.3 is 0 Å². The molecule has 3 rings (SSSR count). The summed E-state index contributed by atoms with van der Waals surface area (Å²) < 4.78 is 5.50. The number of ether oxygens (including phenoxy) is 1. The van der Waals surface area contributed by atoms with Gasteiger partial charge in [0.2, 0.25) is 5.91 Å². The lowest BCUT2D eigenvalue weighted by atomic mass is 10.1. The van der Waals surface area contributed by atoms with E-state index in [2.05, 4.69) is 20.6 Å². The Bertz CT molecular complexity index is 855. The molecule has 6 heteroatoms. The van der Waals surface area contributed by atoms with Crippen molar-refractivity contribution in [3.8, 4) is 5.75 Å². The first-order valence-corrected chi connectivity index (χ1v) is 9.28. The summed E-state index contributed by atoms with van der Waals surface area (Å²) in [6.45, 7) is 3.56. The molecule has 28 heavy (non-hydrogen) atoms. The minimum absolute atomic E-state index is 0.0879. The van der Waals surface area contributed by atoms with E-state index in [9.17, 15) is 4.79 Å². The number of carbonyl (C=O) groups excluding carboxylic acids is 1. The molecule has 1 amide bonds. The minimum atomic E-state index is -0.481. The van der Waals surface area contributed by atoms with Gasteiger partial charge in [-0.2, -0.15) is 0 Å². The van der Waals surface area contributed by atoms with Crippen molar-refractivity contribution in [2.45, 2.75) is 26.1 Å². The third-order valence-electron chi connectivity index (χ3n) is 4.26. The molecule has 1 unspecified atom stereocenters. The molecule has 0 spiro atoms. The molecule has 144 valence electrons. The van der Waals surface area contributed by atoms with Crippen molar-refractivity contribution in [1.29, 1.82) is 0 Å². The smallest absolute Gasteiger partial charge is 0.242 e. The number of rotatable bonds is 9. The fourth-order valence-electron chi connectivity index (χ4n) is 2.80. The molecule has 0 aliphatic rings. The topological polar surface area (TPSA) is 76.1 Å². The highest BCUT2D eigenvalue weighted by molar-refractivity contribution is 5.83. The summed E-state index contributed by atoms with van der Waals surface area (Å²) in [5.74, 6) is 0.700. The maximum Gasteiger partial charge on any atom is 0.242 e. The lowest BCUT2D eigenvalue weighted by molar-refractivity contribution is -0.123. The molecular weight excluding hydrogens is 352 g/mol. The van der Waals surface area contributed by atoms with Crippen LogP contribution < -0.4 is 15.4 Å². The van der Waals surface area contributed by atoms with Crippen LogP contribution in [0.15, 0.2) is 73.3 Å². The molecule has 0 aliphatic heterocycles. The van der Waals surface area contributed by atoms with E-state index in [0.29, 0.717) is 19.7 Å². The van der Waals surface area contributed by atoms with Crippen molar-refractivity contribution < 1.29 is 9.53 Å². The van der Waals surface area contributed by atoms with E-state index in [4.69, 9.17) is 4.74 Å². The number of nitrogens with one attached hydrogen (secondary N) is 2. The van der Waals surface area contributed by atoms with Crippen molar-refractivity contribution in [2.75, 3.05) is 6.61 Å². The van der Waals surface area contributed by atoms with Gasteiger partial charge < -0.3 is 10.1 Å². The number of aromatic nitrogens is 2. The van der Waals surface area contributed by atoms with E-state index >= 15 is 0 Å². The number of hydrogen-bond acceptors (Lipinski definition) is 5. The third kappa shape index (κ3) is 5.62. The maximum atomic E-state index is 12.9. The second kappa shape index (κ2) is 10.2. The predicted molar refractivity (Wildman–Crippen MR) is 108 cm³/mol. The minimum Gasteiger partial charge on any atom is -0.494 e. The zero-order valence-electron chi connectivity index (χ0n) is 15.8. The molecule has 1 atom stereocenters. The van der Waals surface area contributed by atoms with Crippen LogP contribution in [0.2, 0.25) is 0 Å². The molecule has 0 radical (unpaired) electrons. The number of carbonyl (C=O) groups is 1. The Morgan fingerprint density at radius 1 is 0.893 bits per heavy atom. The van der Waals surface area contributed by atoms with Crippen molar-refractivity contribution in [3.05, 3.63) is 90.0 Å². The number of amides is 1. The van der Waals surface area contributed by atoms with Crippen LogP contribution in [0.1, 0.15) is 29.7 Å². The van der Waals surface area contributed by atoms with Crippen LogP contribution in [0.25, 0.3) is 0 Å². The summed E-state index contributed by atoms with van der Waals surface area (Å²) in [6.07, 6.45) is 6.92. The standard InChI is InChI=1S/C22H24N4O2/c1-2-28-20-5-3-19(4-6-20)21(25-15-17-7-11-23-12-8-17)22(27)26-16-18-9-13-24-14-10-18/h3-14,21,25H,2,15-16H2,1H3,(H,26,27). The number of hydrogen-bond donors (Lipinski definition) is 2. The SMILES string of the molecule is CCOc1ccc(C(NCc2ccncc2)C(=O)NCc2ccncc2)cc1. The Kier molecular flexibility index (Phi) is 7.09. The molecule has 0 saturated carbocycles. The molecule has 6 nitrogen and oxygen atoms in total. The summed E-state index contributed by atoms with van der Waals surface area (Å²) in [5, 5.41) is 6.35. The zero-order chi connectivity index (χ0) is 19.6. The molecule has 3 aromatic rings. The van der Waals surface area contributed by atoms with Crippen LogP contribution in [-0.4, -0.2) is 22.5 Å². The summed E-state index contributed by atoms with van der Waals surface area (Å²) in [6, 6.07) is 14.8. The number of pyridine rings is 2. The molecule has 1 aromatic carbocycles. The molecular formula is C22H24N4O2. The summed E-state index contributed by atoms with van der Waals surface area (Å²) in [5.41, 5.74) is 2.94. The van der Waals surface area contributed by atoms with E-state index in [1.165, 1.54) is 0 Å².